The molecule has 0 atom stereocenters. The second-order valence-corrected chi connectivity index (χ2v) is 5.13. The van der Waals surface area contributed by atoms with Crippen LogP contribution in [0.15, 0.2) is 41.0 Å². The van der Waals surface area contributed by atoms with Crippen LogP contribution in [0.2, 0.25) is 0 Å². The van der Waals surface area contributed by atoms with E-state index in [1.54, 1.807) is 0 Å². The van der Waals surface area contributed by atoms with Gasteiger partial charge in [0.15, 0.2) is 0 Å². The summed E-state index contributed by atoms with van der Waals surface area (Å²) in [5.74, 6) is 1.00. The van der Waals surface area contributed by atoms with Gasteiger partial charge in [-0.25, -0.2) is 4.98 Å². The van der Waals surface area contributed by atoms with Crippen LogP contribution in [0.5, 0.6) is 0 Å². The molecule has 2 aromatic rings. The van der Waals surface area contributed by atoms with Crippen LogP contribution in [0.1, 0.15) is 11.1 Å². The quantitative estimate of drug-likeness (QED) is 0.821. The van der Waals surface area contributed by atoms with Gasteiger partial charge in [0.25, 0.3) is 0 Å². The summed E-state index contributed by atoms with van der Waals surface area (Å²) in [7, 11) is 0. The van der Waals surface area contributed by atoms with Crippen LogP contribution < -0.4 is 10.6 Å². The third-order valence-electron chi connectivity index (χ3n) is 2.99. The monoisotopic (exact) mass is 289 g/mol. The Morgan fingerprint density at radius 3 is 2.71 bits per heavy atom. The highest BCUT2D eigenvalue weighted by molar-refractivity contribution is 9.10. The average Bonchev–Trinajstić information content (AvgIpc) is 2.72. The Hall–Kier alpha value is -1.55. The van der Waals surface area contributed by atoms with Gasteiger partial charge >= 0.3 is 0 Å². The zero-order valence-corrected chi connectivity index (χ0v) is 10.8. The Morgan fingerprint density at radius 2 is 1.94 bits per heavy atom. The molecule has 86 valence electrons. The van der Waals surface area contributed by atoms with Gasteiger partial charge < -0.3 is 10.6 Å². The van der Waals surface area contributed by atoms with Crippen molar-refractivity contribution in [2.75, 3.05) is 10.6 Å². The summed E-state index contributed by atoms with van der Waals surface area (Å²) in [6.45, 7) is 1.79. The van der Waals surface area contributed by atoms with Gasteiger partial charge in [-0.05, 0) is 51.3 Å². The summed E-state index contributed by atoms with van der Waals surface area (Å²) in [5.41, 5.74) is 9.26. The van der Waals surface area contributed by atoms with E-state index in [1.165, 1.54) is 11.1 Å². The highest BCUT2D eigenvalue weighted by Crippen LogP contribution is 2.28. The minimum atomic E-state index is 0.828. The van der Waals surface area contributed by atoms with Crippen molar-refractivity contribution in [2.24, 2.45) is 0 Å². The molecule has 0 bridgehead atoms. The molecule has 0 saturated heterocycles. The van der Waals surface area contributed by atoms with E-state index >= 15 is 0 Å². The first-order chi connectivity index (χ1) is 8.22. The van der Waals surface area contributed by atoms with Crippen LogP contribution in [-0.4, -0.2) is 4.98 Å². The maximum Gasteiger partial charge on any atom is 0.129 e. The van der Waals surface area contributed by atoms with Crippen LogP contribution in [0.3, 0.4) is 0 Å². The fourth-order valence-corrected chi connectivity index (χ4v) is 2.37. The Bertz CT molecular complexity index is 551. The van der Waals surface area contributed by atoms with Gasteiger partial charge in [-0.2, -0.15) is 0 Å². The van der Waals surface area contributed by atoms with Crippen molar-refractivity contribution in [2.45, 2.75) is 13.1 Å². The number of anilines is 2. The van der Waals surface area contributed by atoms with Gasteiger partial charge in [0.2, 0.25) is 0 Å². The van der Waals surface area contributed by atoms with Crippen molar-refractivity contribution < 1.29 is 0 Å². The largest absolute Gasteiger partial charge is 0.399 e. The summed E-state index contributed by atoms with van der Waals surface area (Å²) < 4.78 is 1.00. The number of aromatic nitrogens is 1. The molecule has 0 spiro atoms. The number of nitrogens with zero attached hydrogens (tertiary/aromatic N) is 2. The highest BCUT2D eigenvalue weighted by atomic mass is 79.9. The van der Waals surface area contributed by atoms with Gasteiger partial charge in [-0.15, -0.1) is 0 Å². The zero-order valence-electron chi connectivity index (χ0n) is 9.23. The third kappa shape index (κ3) is 2.00. The lowest BCUT2D eigenvalue weighted by Gasteiger charge is -2.15. The molecule has 0 radical (unpaired) electrons. The second kappa shape index (κ2) is 4.04. The smallest absolute Gasteiger partial charge is 0.129 e. The molecule has 1 aliphatic heterocycles. The van der Waals surface area contributed by atoms with E-state index in [2.05, 4.69) is 31.9 Å². The predicted molar refractivity (Wildman–Crippen MR) is 72.7 cm³/mol. The predicted octanol–water partition coefficient (Wildman–Crippen LogP) is 2.95. The number of hydrogen-bond acceptors (Lipinski definition) is 3. The molecule has 0 unspecified atom stereocenters. The van der Waals surface area contributed by atoms with Crippen LogP contribution in [0, 0.1) is 0 Å². The van der Waals surface area contributed by atoms with E-state index < -0.39 is 0 Å². The zero-order chi connectivity index (χ0) is 11.8. The van der Waals surface area contributed by atoms with Crippen molar-refractivity contribution in [1.29, 1.82) is 0 Å². The topological polar surface area (TPSA) is 42.1 Å². The van der Waals surface area contributed by atoms with Gasteiger partial charge in [0, 0.05) is 29.4 Å². The van der Waals surface area contributed by atoms with Gasteiger partial charge in [0.1, 0.15) is 5.82 Å². The van der Waals surface area contributed by atoms with Crippen LogP contribution >= 0.6 is 15.9 Å². The van der Waals surface area contributed by atoms with E-state index in [0.717, 1.165) is 29.1 Å². The number of benzene rings is 1. The minimum Gasteiger partial charge on any atom is -0.399 e. The summed E-state index contributed by atoms with van der Waals surface area (Å²) in [6.07, 6.45) is 1.83. The first kappa shape index (κ1) is 10.6. The lowest BCUT2D eigenvalue weighted by molar-refractivity contribution is 0.856. The second-order valence-electron chi connectivity index (χ2n) is 4.22. The molecule has 2 heterocycles. The van der Waals surface area contributed by atoms with Gasteiger partial charge in [0.05, 0.1) is 0 Å². The van der Waals surface area contributed by atoms with Crippen molar-refractivity contribution in [1.82, 2.24) is 4.98 Å². The first-order valence-electron chi connectivity index (χ1n) is 5.46. The van der Waals surface area contributed by atoms with Gasteiger partial charge in [-0.3, -0.25) is 0 Å². The Morgan fingerprint density at radius 1 is 1.12 bits per heavy atom. The Labute approximate surface area is 108 Å². The molecule has 1 aromatic heterocycles. The average molecular weight is 290 g/mol. The van der Waals surface area contributed by atoms with E-state index in [0.29, 0.717) is 0 Å². The number of halogens is 1. The van der Waals surface area contributed by atoms with Crippen LogP contribution in [0.4, 0.5) is 11.5 Å². The molecular weight excluding hydrogens is 278 g/mol. The fraction of sp³-hybridized carbons (Fsp3) is 0.154. The molecule has 3 rings (SSSR count). The Balaban J connectivity index is 1.88. The van der Waals surface area contributed by atoms with E-state index in [9.17, 15) is 0 Å². The number of pyridine rings is 1. The van der Waals surface area contributed by atoms with Crippen molar-refractivity contribution >= 4 is 27.4 Å². The maximum absolute atomic E-state index is 5.79. The summed E-state index contributed by atoms with van der Waals surface area (Å²) >= 11 is 3.39. The van der Waals surface area contributed by atoms with E-state index in [1.807, 2.05) is 30.5 Å². The standard InChI is InChI=1S/C13H12BrN3/c14-11-2-4-13(16-6-11)17-7-9-1-3-12(15)5-10(9)8-17/h1-6H,7-8,15H2. The highest BCUT2D eigenvalue weighted by Gasteiger charge is 2.19. The maximum atomic E-state index is 5.79. The summed E-state index contributed by atoms with van der Waals surface area (Å²) in [6, 6.07) is 10.1. The fourth-order valence-electron chi connectivity index (χ4n) is 2.13. The van der Waals surface area contributed by atoms with E-state index in [4.69, 9.17) is 5.73 Å². The molecule has 2 N–H and O–H groups in total. The lowest BCUT2D eigenvalue weighted by atomic mass is 10.1. The summed E-state index contributed by atoms with van der Waals surface area (Å²) in [4.78, 5) is 6.66. The number of fused-ring (bicyclic) bond motifs is 1. The molecule has 0 fully saturated rings. The molecular formula is C13H12BrN3. The summed E-state index contributed by atoms with van der Waals surface area (Å²) in [5, 5.41) is 0. The number of hydrogen-bond donors (Lipinski definition) is 1. The number of nitrogen functional groups attached to an aromatic ring is 1. The van der Waals surface area contributed by atoms with Crippen molar-refractivity contribution in [3.8, 4) is 0 Å². The van der Waals surface area contributed by atoms with Crippen LogP contribution in [-0.2, 0) is 13.1 Å². The van der Waals surface area contributed by atoms with Crippen molar-refractivity contribution in [3.63, 3.8) is 0 Å². The molecule has 1 aromatic carbocycles. The molecule has 3 nitrogen and oxygen atoms in total. The molecule has 0 aliphatic carbocycles. The lowest BCUT2D eigenvalue weighted by Crippen LogP contribution is -2.15. The molecule has 1 aliphatic rings. The number of rotatable bonds is 1. The minimum absolute atomic E-state index is 0.828. The van der Waals surface area contributed by atoms with E-state index in [-0.39, 0.29) is 0 Å². The molecule has 17 heavy (non-hydrogen) atoms. The molecule has 4 heteroatoms. The van der Waals surface area contributed by atoms with Gasteiger partial charge in [-0.1, -0.05) is 6.07 Å². The third-order valence-corrected chi connectivity index (χ3v) is 3.46. The van der Waals surface area contributed by atoms with Crippen molar-refractivity contribution in [3.05, 3.63) is 52.1 Å². The molecule has 0 amide bonds. The SMILES string of the molecule is Nc1ccc2c(c1)CN(c1ccc(Br)cn1)C2. The Kier molecular flexibility index (Phi) is 2.52. The normalized spacial score (nSPS) is 13.8. The van der Waals surface area contributed by atoms with Crippen LogP contribution in [0.25, 0.3) is 0 Å². The first-order valence-corrected chi connectivity index (χ1v) is 6.25. The molecule has 0 saturated carbocycles. The number of nitrogens with two attached hydrogens (primary N) is 1.